The van der Waals surface area contributed by atoms with Crippen LogP contribution in [0.25, 0.3) is 6.08 Å². The number of hydrogen-bond donors (Lipinski definition) is 0. The van der Waals surface area contributed by atoms with Gasteiger partial charge in [0.05, 0.1) is 6.61 Å². The minimum atomic E-state index is -2.92. The largest absolute Gasteiger partial charge is 0.490 e. The predicted molar refractivity (Wildman–Crippen MR) is 90.3 cm³/mol. The highest BCUT2D eigenvalue weighted by molar-refractivity contribution is 5.92. The van der Waals surface area contributed by atoms with E-state index in [-0.39, 0.29) is 17.4 Å². The lowest BCUT2D eigenvalue weighted by molar-refractivity contribution is -0.125. The number of hydrogen-bond acceptors (Lipinski definition) is 3. The lowest BCUT2D eigenvalue weighted by atomic mass is 10.2. The van der Waals surface area contributed by atoms with Crippen molar-refractivity contribution in [1.29, 1.82) is 0 Å². The van der Waals surface area contributed by atoms with Crippen molar-refractivity contribution in [2.45, 2.75) is 27.4 Å². The standard InChI is InChI=1S/C18H23F2NO3/c1-5-21(12-13(3)4)17(22)10-8-14-7-9-15(24-18(19)20)16(11-14)23-6-2/h7-11,18H,3,5-6,12H2,1-2,4H3/b10-8+. The molecule has 132 valence electrons. The molecule has 0 heterocycles. The molecule has 0 aliphatic heterocycles. The van der Waals surface area contributed by atoms with Gasteiger partial charge in [0, 0.05) is 19.2 Å². The van der Waals surface area contributed by atoms with Gasteiger partial charge in [-0.25, -0.2) is 0 Å². The molecule has 24 heavy (non-hydrogen) atoms. The molecule has 0 aliphatic rings. The van der Waals surface area contributed by atoms with E-state index in [0.717, 1.165) is 5.57 Å². The Morgan fingerprint density at radius 1 is 1.33 bits per heavy atom. The summed E-state index contributed by atoms with van der Waals surface area (Å²) in [6, 6.07) is 4.53. The van der Waals surface area contributed by atoms with Crippen molar-refractivity contribution >= 4 is 12.0 Å². The van der Waals surface area contributed by atoms with E-state index in [2.05, 4.69) is 11.3 Å². The Hall–Kier alpha value is -2.37. The van der Waals surface area contributed by atoms with Gasteiger partial charge in [0.25, 0.3) is 0 Å². The molecule has 1 amide bonds. The zero-order valence-electron chi connectivity index (χ0n) is 14.2. The average Bonchev–Trinajstić information content (AvgIpc) is 2.52. The molecule has 4 nitrogen and oxygen atoms in total. The summed E-state index contributed by atoms with van der Waals surface area (Å²) in [6.45, 7) is 7.74. The number of nitrogens with zero attached hydrogens (tertiary/aromatic N) is 1. The molecule has 0 N–H and O–H groups in total. The molecule has 1 aromatic carbocycles. The van der Waals surface area contributed by atoms with Crippen LogP contribution in [0.2, 0.25) is 0 Å². The van der Waals surface area contributed by atoms with E-state index in [0.29, 0.717) is 25.3 Å². The summed E-state index contributed by atoms with van der Waals surface area (Å²) < 4.78 is 34.5. The van der Waals surface area contributed by atoms with Crippen molar-refractivity contribution in [3.63, 3.8) is 0 Å². The molecule has 1 rings (SSSR count). The van der Waals surface area contributed by atoms with E-state index < -0.39 is 6.61 Å². The number of benzene rings is 1. The molecule has 0 aromatic heterocycles. The van der Waals surface area contributed by atoms with Crippen molar-refractivity contribution in [3.8, 4) is 11.5 Å². The molecule has 0 unspecified atom stereocenters. The number of likely N-dealkylation sites (N-methyl/N-ethyl adjacent to an activating group) is 1. The molecular weight excluding hydrogens is 316 g/mol. The molecule has 0 atom stereocenters. The normalized spacial score (nSPS) is 10.9. The van der Waals surface area contributed by atoms with Gasteiger partial charge in [-0.2, -0.15) is 8.78 Å². The zero-order valence-corrected chi connectivity index (χ0v) is 14.2. The first-order valence-corrected chi connectivity index (χ1v) is 7.70. The van der Waals surface area contributed by atoms with E-state index in [4.69, 9.17) is 4.74 Å². The Balaban J connectivity index is 2.91. The molecule has 0 aliphatic carbocycles. The highest BCUT2D eigenvalue weighted by Crippen LogP contribution is 2.30. The second kappa shape index (κ2) is 9.70. The summed E-state index contributed by atoms with van der Waals surface area (Å²) in [6.07, 6.45) is 3.04. The molecule has 0 fully saturated rings. The van der Waals surface area contributed by atoms with Crippen molar-refractivity contribution < 1.29 is 23.0 Å². The first-order chi connectivity index (χ1) is 11.4. The summed E-state index contributed by atoms with van der Waals surface area (Å²) in [5.74, 6) is 0.0286. The van der Waals surface area contributed by atoms with Gasteiger partial charge in [-0.3, -0.25) is 4.79 Å². The first-order valence-electron chi connectivity index (χ1n) is 7.70. The van der Waals surface area contributed by atoms with E-state index in [1.54, 1.807) is 30.0 Å². The number of alkyl halides is 2. The van der Waals surface area contributed by atoms with Crippen LogP contribution in [0.5, 0.6) is 11.5 Å². The van der Waals surface area contributed by atoms with Gasteiger partial charge in [-0.15, -0.1) is 0 Å². The predicted octanol–water partition coefficient (Wildman–Crippen LogP) is 4.12. The van der Waals surface area contributed by atoms with Crippen LogP contribution in [0, 0.1) is 0 Å². The van der Waals surface area contributed by atoms with Crippen LogP contribution >= 0.6 is 0 Å². The summed E-state index contributed by atoms with van der Waals surface area (Å²) in [5.41, 5.74) is 1.55. The van der Waals surface area contributed by atoms with Crippen LogP contribution in [0.15, 0.2) is 36.4 Å². The lowest BCUT2D eigenvalue weighted by Crippen LogP contribution is -2.30. The van der Waals surface area contributed by atoms with Gasteiger partial charge >= 0.3 is 6.61 Å². The van der Waals surface area contributed by atoms with Crippen LogP contribution in [-0.2, 0) is 4.79 Å². The molecule has 1 aromatic rings. The number of halogens is 2. The first kappa shape index (κ1) is 19.7. The lowest BCUT2D eigenvalue weighted by Gasteiger charge is -2.19. The summed E-state index contributed by atoms with van der Waals surface area (Å²) in [7, 11) is 0. The summed E-state index contributed by atoms with van der Waals surface area (Å²) in [5, 5.41) is 0. The molecule has 0 saturated heterocycles. The van der Waals surface area contributed by atoms with Crippen LogP contribution in [0.3, 0.4) is 0 Å². The minimum absolute atomic E-state index is 0.0345. The van der Waals surface area contributed by atoms with Gasteiger partial charge in [0.2, 0.25) is 5.91 Å². The molecule has 0 saturated carbocycles. The van der Waals surface area contributed by atoms with Gasteiger partial charge in [0.15, 0.2) is 11.5 Å². The Morgan fingerprint density at radius 2 is 2.04 bits per heavy atom. The number of rotatable bonds is 9. The van der Waals surface area contributed by atoms with Gasteiger partial charge in [0.1, 0.15) is 0 Å². The zero-order chi connectivity index (χ0) is 18.1. The van der Waals surface area contributed by atoms with E-state index in [1.165, 1.54) is 12.1 Å². The molecule has 0 bridgehead atoms. The third-order valence-corrected chi connectivity index (χ3v) is 3.06. The number of carbonyl (C=O) groups excluding carboxylic acids is 1. The molecule has 6 heteroatoms. The topological polar surface area (TPSA) is 38.8 Å². The minimum Gasteiger partial charge on any atom is -0.490 e. The van der Waals surface area contributed by atoms with Gasteiger partial charge < -0.3 is 14.4 Å². The number of carbonyl (C=O) groups is 1. The third-order valence-electron chi connectivity index (χ3n) is 3.06. The van der Waals surface area contributed by atoms with Crippen molar-refractivity contribution in [3.05, 3.63) is 42.0 Å². The maximum atomic E-state index is 12.4. The van der Waals surface area contributed by atoms with Gasteiger partial charge in [-0.1, -0.05) is 18.2 Å². The van der Waals surface area contributed by atoms with Crippen LogP contribution < -0.4 is 9.47 Å². The van der Waals surface area contributed by atoms with Crippen molar-refractivity contribution in [2.24, 2.45) is 0 Å². The third kappa shape index (κ3) is 6.40. The smallest absolute Gasteiger partial charge is 0.387 e. The Bertz CT molecular complexity index is 600. The number of ether oxygens (including phenoxy) is 2. The SMILES string of the molecule is C=C(C)CN(CC)C(=O)/C=C/c1ccc(OC(F)F)c(OCC)c1. The second-order valence-electron chi connectivity index (χ2n) is 5.16. The molecule has 0 spiro atoms. The highest BCUT2D eigenvalue weighted by atomic mass is 19.3. The highest BCUT2D eigenvalue weighted by Gasteiger charge is 2.12. The average molecular weight is 339 g/mol. The maximum Gasteiger partial charge on any atom is 0.387 e. The summed E-state index contributed by atoms with van der Waals surface area (Å²) in [4.78, 5) is 13.8. The molecule has 0 radical (unpaired) electrons. The van der Waals surface area contributed by atoms with Crippen LogP contribution in [-0.4, -0.2) is 37.1 Å². The van der Waals surface area contributed by atoms with Crippen molar-refractivity contribution in [2.75, 3.05) is 19.7 Å². The Labute approximate surface area is 141 Å². The summed E-state index contributed by atoms with van der Waals surface area (Å²) >= 11 is 0. The second-order valence-corrected chi connectivity index (χ2v) is 5.16. The fraction of sp³-hybridized carbons (Fsp3) is 0.389. The fourth-order valence-corrected chi connectivity index (χ4v) is 2.03. The Kier molecular flexibility index (Phi) is 7.95. The van der Waals surface area contributed by atoms with Gasteiger partial charge in [-0.05, 0) is 44.5 Å². The van der Waals surface area contributed by atoms with E-state index >= 15 is 0 Å². The van der Waals surface area contributed by atoms with E-state index in [9.17, 15) is 13.6 Å². The van der Waals surface area contributed by atoms with Crippen LogP contribution in [0.4, 0.5) is 8.78 Å². The monoisotopic (exact) mass is 339 g/mol. The fourth-order valence-electron chi connectivity index (χ4n) is 2.03. The Morgan fingerprint density at radius 3 is 2.58 bits per heavy atom. The quantitative estimate of drug-likeness (QED) is 0.502. The van der Waals surface area contributed by atoms with Crippen molar-refractivity contribution in [1.82, 2.24) is 4.90 Å². The number of amides is 1. The molecular formula is C18H23F2NO3. The van der Waals surface area contributed by atoms with E-state index in [1.807, 2.05) is 13.8 Å². The maximum absolute atomic E-state index is 12.4. The van der Waals surface area contributed by atoms with Crippen LogP contribution in [0.1, 0.15) is 26.3 Å².